The van der Waals surface area contributed by atoms with E-state index in [1.54, 1.807) is 6.92 Å². The molecule has 0 aliphatic carbocycles. The second kappa shape index (κ2) is 16.1. The van der Waals surface area contributed by atoms with E-state index in [1.165, 1.54) is 39.6 Å². The first-order chi connectivity index (χ1) is 17.1. The number of amides is 1. The zero-order valence-corrected chi connectivity index (χ0v) is 22.2. The van der Waals surface area contributed by atoms with Gasteiger partial charge in [0.2, 0.25) is 6.79 Å². The maximum absolute atomic E-state index is 12.7. The number of pyridine rings is 1. The molecule has 1 aromatic carbocycles. The maximum Gasteiger partial charge on any atom is 0.328 e. The molecule has 2 aromatic rings. The molecule has 0 fully saturated rings. The van der Waals surface area contributed by atoms with Gasteiger partial charge in [-0.2, -0.15) is 0 Å². The van der Waals surface area contributed by atoms with E-state index in [2.05, 4.69) is 31.1 Å². The van der Waals surface area contributed by atoms with E-state index >= 15 is 0 Å². The average molecular weight is 505 g/mol. The molecule has 200 valence electrons. The van der Waals surface area contributed by atoms with Gasteiger partial charge in [-0.1, -0.05) is 57.5 Å². The Labute approximate surface area is 215 Å². The van der Waals surface area contributed by atoms with Crippen LogP contribution in [0.15, 0.2) is 42.6 Å². The first-order valence-electron chi connectivity index (χ1n) is 11.9. The lowest BCUT2D eigenvalue weighted by atomic mass is 10.1. The van der Waals surface area contributed by atoms with Gasteiger partial charge < -0.3 is 24.3 Å². The summed E-state index contributed by atoms with van der Waals surface area (Å²) >= 11 is 0. The summed E-state index contributed by atoms with van der Waals surface area (Å²) in [5.74, 6) is -0.704. The lowest BCUT2D eigenvalue weighted by Crippen LogP contribution is -2.41. The van der Waals surface area contributed by atoms with Gasteiger partial charge in [0, 0.05) is 27.0 Å². The topological polar surface area (TPSA) is 113 Å². The predicted molar refractivity (Wildman–Crippen MR) is 138 cm³/mol. The van der Waals surface area contributed by atoms with Crippen molar-refractivity contribution in [1.29, 1.82) is 0 Å². The number of carbonyl (C=O) groups excluding carboxylic acids is 3. The van der Waals surface area contributed by atoms with Crippen molar-refractivity contribution in [3.8, 4) is 11.5 Å². The first kappa shape index (κ1) is 30.4. The number of methoxy groups -OCH3 is 1. The number of carbonyl (C=O) groups is 3. The highest BCUT2D eigenvalue weighted by Crippen LogP contribution is 2.29. The predicted octanol–water partition coefficient (Wildman–Crippen LogP) is 4.58. The summed E-state index contributed by atoms with van der Waals surface area (Å²) in [5.41, 5.74) is 0.915. The van der Waals surface area contributed by atoms with Crippen LogP contribution in [0.5, 0.6) is 11.5 Å². The Morgan fingerprint density at radius 1 is 1.06 bits per heavy atom. The highest BCUT2D eigenvalue weighted by molar-refractivity contribution is 5.98. The zero-order chi connectivity index (χ0) is 27.1. The highest BCUT2D eigenvalue weighted by Gasteiger charge is 2.25. The molecule has 0 bridgehead atoms. The van der Waals surface area contributed by atoms with E-state index in [-0.39, 0.29) is 24.7 Å². The molecule has 0 unspecified atom stereocenters. The van der Waals surface area contributed by atoms with Crippen LogP contribution < -0.4 is 14.8 Å². The maximum atomic E-state index is 12.7. The van der Waals surface area contributed by atoms with Gasteiger partial charge >= 0.3 is 11.9 Å². The molecule has 0 aliphatic rings. The summed E-state index contributed by atoms with van der Waals surface area (Å²) in [5, 5.41) is 2.54. The fraction of sp³-hybridized carbons (Fsp3) is 0.481. The van der Waals surface area contributed by atoms with E-state index in [4.69, 9.17) is 18.9 Å². The number of nitrogens with zero attached hydrogens (tertiary/aromatic N) is 1. The van der Waals surface area contributed by atoms with E-state index < -0.39 is 30.7 Å². The number of benzene rings is 1. The Kier molecular flexibility index (Phi) is 13.6. The van der Waals surface area contributed by atoms with Crippen molar-refractivity contribution in [2.45, 2.75) is 66.5 Å². The van der Waals surface area contributed by atoms with Crippen molar-refractivity contribution in [3.63, 3.8) is 0 Å². The molecule has 0 spiro atoms. The van der Waals surface area contributed by atoms with Crippen molar-refractivity contribution < 1.29 is 34.8 Å². The Morgan fingerprint density at radius 3 is 2.25 bits per heavy atom. The first-order valence-corrected chi connectivity index (χ1v) is 11.9. The third kappa shape index (κ3) is 11.2. The molecule has 9 nitrogen and oxygen atoms in total. The summed E-state index contributed by atoms with van der Waals surface area (Å²) in [7, 11) is 1.39. The summed E-state index contributed by atoms with van der Waals surface area (Å²) in [4.78, 5) is 40.0. The number of nitrogens with one attached hydrogen (secondary N) is 1. The van der Waals surface area contributed by atoms with E-state index in [1.807, 2.05) is 30.3 Å². The van der Waals surface area contributed by atoms with Crippen LogP contribution in [0.3, 0.4) is 0 Å². The van der Waals surface area contributed by atoms with Gasteiger partial charge in [-0.15, -0.1) is 0 Å². The molecule has 0 aliphatic heterocycles. The van der Waals surface area contributed by atoms with Gasteiger partial charge in [0.05, 0.1) is 7.11 Å². The number of hydrogen-bond acceptors (Lipinski definition) is 8. The normalized spacial score (nSPS) is 11.9. The van der Waals surface area contributed by atoms with Gasteiger partial charge in [0.15, 0.2) is 17.2 Å². The smallest absolute Gasteiger partial charge is 0.328 e. The highest BCUT2D eigenvalue weighted by atomic mass is 16.7. The zero-order valence-electron chi connectivity index (χ0n) is 22.2. The monoisotopic (exact) mass is 504 g/mol. The van der Waals surface area contributed by atoms with Gasteiger partial charge in [-0.25, -0.2) is 9.78 Å². The third-order valence-corrected chi connectivity index (χ3v) is 4.97. The molecule has 1 heterocycles. The molecule has 1 N–H and O–H groups in total. The number of esters is 2. The molecule has 1 amide bonds. The van der Waals surface area contributed by atoms with Crippen LogP contribution in [0.4, 0.5) is 0 Å². The van der Waals surface area contributed by atoms with E-state index in [9.17, 15) is 14.4 Å². The quantitative estimate of drug-likeness (QED) is 0.349. The van der Waals surface area contributed by atoms with Crippen molar-refractivity contribution in [1.82, 2.24) is 10.3 Å². The SMILES string of the molecule is CCC(C)C.COc1ccnc(C(=O)N[C@@H](C)C(=O)O[C@@H](C)Cc2ccccc2)c1OCOC(C)=O.[HH]. The third-order valence-electron chi connectivity index (χ3n) is 4.97. The Balaban J connectivity index is 0.00000196. The van der Waals surface area contributed by atoms with E-state index in [0.29, 0.717) is 6.42 Å². The van der Waals surface area contributed by atoms with Gasteiger partial charge in [-0.3, -0.25) is 9.59 Å². The molecule has 1 aromatic heterocycles. The van der Waals surface area contributed by atoms with Gasteiger partial charge in [0.25, 0.3) is 5.91 Å². The Bertz CT molecular complexity index is 970. The van der Waals surface area contributed by atoms with Crippen molar-refractivity contribution >= 4 is 17.8 Å². The second-order valence-electron chi connectivity index (χ2n) is 8.52. The molecular formula is C27H40N2O7. The van der Waals surface area contributed by atoms with Crippen molar-refractivity contribution in [3.05, 3.63) is 53.9 Å². The van der Waals surface area contributed by atoms with Crippen LogP contribution in [0, 0.1) is 5.92 Å². The fourth-order valence-electron chi connectivity index (χ4n) is 2.68. The van der Waals surface area contributed by atoms with Crippen LogP contribution in [0.1, 0.15) is 65.4 Å². The van der Waals surface area contributed by atoms with Crippen molar-refractivity contribution in [2.24, 2.45) is 5.92 Å². The Morgan fingerprint density at radius 2 is 1.69 bits per heavy atom. The van der Waals surface area contributed by atoms with Crippen LogP contribution in [-0.2, 0) is 25.5 Å². The molecule has 0 radical (unpaired) electrons. The molecule has 9 heteroatoms. The van der Waals surface area contributed by atoms with Gasteiger partial charge in [0.1, 0.15) is 12.1 Å². The Hall–Kier alpha value is -3.62. The van der Waals surface area contributed by atoms with Crippen LogP contribution >= 0.6 is 0 Å². The molecule has 2 atom stereocenters. The molecule has 2 rings (SSSR count). The summed E-state index contributed by atoms with van der Waals surface area (Å²) in [6.45, 7) is 10.7. The minimum Gasteiger partial charge on any atom is -0.493 e. The van der Waals surface area contributed by atoms with Crippen LogP contribution in [0.2, 0.25) is 0 Å². The molecule has 36 heavy (non-hydrogen) atoms. The lowest BCUT2D eigenvalue weighted by molar-refractivity contribution is -0.150. The summed E-state index contributed by atoms with van der Waals surface area (Å²) in [6, 6.07) is 10.2. The van der Waals surface area contributed by atoms with Gasteiger partial charge in [-0.05, 0) is 25.3 Å². The summed E-state index contributed by atoms with van der Waals surface area (Å²) in [6.07, 6.45) is 2.85. The number of aromatic nitrogens is 1. The standard InChI is InChI=1S/C22H26N2O7.C5H12.H2/c1-14(12-17-8-6-5-7-9-17)31-22(27)15(2)24-21(26)19-20(30-13-29-16(3)25)18(28-4)10-11-23-19;1-4-5(2)3;/h5-11,14-15H,12-13H2,1-4H3,(H,24,26);5H,4H2,1-3H3;1H/t14-,15-;;/m0../s1. The second-order valence-corrected chi connectivity index (χ2v) is 8.52. The van der Waals surface area contributed by atoms with Crippen LogP contribution in [-0.4, -0.2) is 48.9 Å². The largest absolute Gasteiger partial charge is 0.493 e. The minimum atomic E-state index is -0.931. The lowest BCUT2D eigenvalue weighted by Gasteiger charge is -2.19. The number of rotatable bonds is 11. The molecule has 0 saturated heterocycles. The molecular weight excluding hydrogens is 464 g/mol. The number of hydrogen-bond donors (Lipinski definition) is 1. The number of ether oxygens (including phenoxy) is 4. The molecule has 0 saturated carbocycles. The summed E-state index contributed by atoms with van der Waals surface area (Å²) < 4.78 is 20.7. The van der Waals surface area contributed by atoms with E-state index in [0.717, 1.165) is 11.5 Å². The fourth-order valence-corrected chi connectivity index (χ4v) is 2.68. The average Bonchev–Trinajstić information content (AvgIpc) is 2.84. The minimum absolute atomic E-state index is 0. The van der Waals surface area contributed by atoms with Crippen molar-refractivity contribution in [2.75, 3.05) is 13.9 Å². The van der Waals surface area contributed by atoms with Crippen LogP contribution in [0.25, 0.3) is 0 Å².